The summed E-state index contributed by atoms with van der Waals surface area (Å²) < 4.78 is 6.36. The van der Waals surface area contributed by atoms with Crippen molar-refractivity contribution in [1.82, 2.24) is 5.32 Å². The molecule has 1 amide bonds. The van der Waals surface area contributed by atoms with Gasteiger partial charge in [0.25, 0.3) is 0 Å². The van der Waals surface area contributed by atoms with Crippen LogP contribution in [0.5, 0.6) is 0 Å². The minimum absolute atomic E-state index is 0.0370. The number of carbonyl (C=O) groups is 2. The Kier molecular flexibility index (Phi) is 8.18. The summed E-state index contributed by atoms with van der Waals surface area (Å²) in [4.78, 5) is 24.2. The zero-order valence-electron chi connectivity index (χ0n) is 19.3. The molecule has 2 N–H and O–H groups in total. The third-order valence-electron chi connectivity index (χ3n) is 7.02. The maximum absolute atomic E-state index is 12.9. The first-order valence-electron chi connectivity index (χ1n) is 11.9. The molecule has 4 rings (SSSR count). The minimum Gasteiger partial charge on any atom is -0.481 e. The second-order valence-corrected chi connectivity index (χ2v) is 10.6. The quantitative estimate of drug-likeness (QED) is 0.401. The number of ether oxygens (including phenoxy) is 1. The number of hydrogen-bond donors (Lipinski definition) is 2. The Bertz CT molecular complexity index is 1010. The van der Waals surface area contributed by atoms with E-state index < -0.39 is 11.9 Å². The number of piperidine rings is 1. The van der Waals surface area contributed by atoms with Crippen LogP contribution in [0.2, 0.25) is 10.0 Å². The molecule has 1 aliphatic heterocycles. The van der Waals surface area contributed by atoms with Gasteiger partial charge >= 0.3 is 5.97 Å². The van der Waals surface area contributed by atoms with Crippen LogP contribution in [0.4, 0.5) is 0 Å². The highest BCUT2D eigenvalue weighted by molar-refractivity contribution is 6.30. The van der Waals surface area contributed by atoms with E-state index >= 15 is 0 Å². The lowest BCUT2D eigenvalue weighted by Crippen LogP contribution is -2.52. The Morgan fingerprint density at radius 2 is 1.88 bits per heavy atom. The fourth-order valence-electron chi connectivity index (χ4n) is 4.95. The van der Waals surface area contributed by atoms with Crippen LogP contribution in [0.25, 0.3) is 0 Å². The number of halogens is 2. The highest BCUT2D eigenvalue weighted by Gasteiger charge is 2.40. The van der Waals surface area contributed by atoms with E-state index in [0.717, 1.165) is 24.2 Å². The van der Waals surface area contributed by atoms with Crippen LogP contribution in [0.15, 0.2) is 48.5 Å². The SMILES string of the molecule is CC(C[C@H](OCC1CC1)c1ccc(Cl)cc1)[C@@H]1NC(=O)[C@@H](CC(=O)O)C[C@@H]1c1cccc(Cl)c1. The molecule has 1 unspecified atom stereocenters. The molecule has 1 aliphatic carbocycles. The molecule has 0 aromatic heterocycles. The molecule has 2 aromatic carbocycles. The predicted molar refractivity (Wildman–Crippen MR) is 133 cm³/mol. The second-order valence-electron chi connectivity index (χ2n) is 9.76. The topological polar surface area (TPSA) is 75.6 Å². The van der Waals surface area contributed by atoms with Gasteiger partial charge in [-0.3, -0.25) is 9.59 Å². The van der Waals surface area contributed by atoms with Gasteiger partial charge in [-0.15, -0.1) is 0 Å². The summed E-state index contributed by atoms with van der Waals surface area (Å²) in [6.45, 7) is 2.86. The monoisotopic (exact) mass is 503 g/mol. The third-order valence-corrected chi connectivity index (χ3v) is 7.51. The van der Waals surface area contributed by atoms with Crippen molar-refractivity contribution in [2.45, 2.75) is 57.1 Å². The maximum Gasteiger partial charge on any atom is 0.304 e. The molecule has 0 bridgehead atoms. The fourth-order valence-corrected chi connectivity index (χ4v) is 5.27. The van der Waals surface area contributed by atoms with Gasteiger partial charge in [-0.2, -0.15) is 0 Å². The number of carboxylic acids is 1. The summed E-state index contributed by atoms with van der Waals surface area (Å²) in [6, 6.07) is 15.3. The van der Waals surface area contributed by atoms with Crippen LogP contribution in [-0.2, 0) is 14.3 Å². The predicted octanol–water partition coefficient (Wildman–Crippen LogP) is 6.25. The highest BCUT2D eigenvalue weighted by Crippen LogP contribution is 2.40. The van der Waals surface area contributed by atoms with Crippen molar-refractivity contribution in [3.05, 3.63) is 69.7 Å². The van der Waals surface area contributed by atoms with Crippen molar-refractivity contribution in [1.29, 1.82) is 0 Å². The van der Waals surface area contributed by atoms with Gasteiger partial charge in [0.1, 0.15) is 0 Å². The Morgan fingerprint density at radius 1 is 1.15 bits per heavy atom. The Morgan fingerprint density at radius 3 is 2.53 bits per heavy atom. The van der Waals surface area contributed by atoms with Gasteiger partial charge in [-0.25, -0.2) is 0 Å². The van der Waals surface area contributed by atoms with E-state index in [1.165, 1.54) is 12.8 Å². The smallest absolute Gasteiger partial charge is 0.304 e. The first kappa shape index (κ1) is 25.0. The lowest BCUT2D eigenvalue weighted by Gasteiger charge is -2.40. The standard InChI is InChI=1S/C27H31Cl2NO4/c1-16(11-24(34-15-17-5-6-17)18-7-9-21(28)10-8-18)26-23(19-3-2-4-22(29)12-19)13-20(14-25(31)32)27(33)30-26/h2-4,7-10,12,16-17,20,23-24,26H,5-6,11,13-15H2,1H3,(H,30,33)(H,31,32)/t16?,20-,23-,24+,26+/m1/s1. The number of hydrogen-bond acceptors (Lipinski definition) is 3. The third kappa shape index (κ3) is 6.53. The van der Waals surface area contributed by atoms with E-state index in [-0.39, 0.29) is 36.3 Å². The summed E-state index contributed by atoms with van der Waals surface area (Å²) >= 11 is 12.4. The summed E-state index contributed by atoms with van der Waals surface area (Å²) in [5.74, 6) is -1.05. The van der Waals surface area contributed by atoms with Crippen LogP contribution < -0.4 is 5.32 Å². The van der Waals surface area contributed by atoms with Gasteiger partial charge in [0.15, 0.2) is 0 Å². The minimum atomic E-state index is -0.965. The molecule has 0 radical (unpaired) electrons. The largest absolute Gasteiger partial charge is 0.481 e. The van der Waals surface area contributed by atoms with Gasteiger partial charge in [0, 0.05) is 27.9 Å². The fraction of sp³-hybridized carbons (Fsp3) is 0.481. The molecule has 2 fully saturated rings. The molecule has 2 aromatic rings. The number of amides is 1. The molecule has 5 nitrogen and oxygen atoms in total. The maximum atomic E-state index is 12.9. The van der Waals surface area contributed by atoms with Crippen molar-refractivity contribution < 1.29 is 19.4 Å². The summed E-state index contributed by atoms with van der Waals surface area (Å²) in [7, 11) is 0. The Balaban J connectivity index is 1.56. The van der Waals surface area contributed by atoms with E-state index in [9.17, 15) is 14.7 Å². The van der Waals surface area contributed by atoms with Crippen LogP contribution in [0, 0.1) is 17.8 Å². The number of aliphatic carboxylic acids is 1. The van der Waals surface area contributed by atoms with Crippen LogP contribution in [0.1, 0.15) is 62.2 Å². The number of carbonyl (C=O) groups excluding carboxylic acids is 1. The molecule has 182 valence electrons. The zero-order valence-corrected chi connectivity index (χ0v) is 20.8. The number of rotatable bonds is 10. The van der Waals surface area contributed by atoms with Gasteiger partial charge in [-0.1, -0.05) is 54.4 Å². The van der Waals surface area contributed by atoms with Crippen molar-refractivity contribution in [3.63, 3.8) is 0 Å². The lowest BCUT2D eigenvalue weighted by atomic mass is 9.73. The summed E-state index contributed by atoms with van der Waals surface area (Å²) in [5, 5.41) is 13.8. The zero-order chi connectivity index (χ0) is 24.2. The first-order valence-corrected chi connectivity index (χ1v) is 12.7. The van der Waals surface area contributed by atoms with E-state index in [1.807, 2.05) is 48.5 Å². The molecule has 0 spiro atoms. The molecule has 1 saturated heterocycles. The Hall–Kier alpha value is -2.08. The van der Waals surface area contributed by atoms with E-state index in [0.29, 0.717) is 22.4 Å². The average molecular weight is 504 g/mol. The number of benzene rings is 2. The first-order chi connectivity index (χ1) is 16.3. The molecular formula is C27H31Cl2NO4. The molecule has 5 atom stereocenters. The van der Waals surface area contributed by atoms with Crippen LogP contribution in [0.3, 0.4) is 0 Å². The second kappa shape index (κ2) is 11.1. The van der Waals surface area contributed by atoms with Crippen LogP contribution >= 0.6 is 23.2 Å². The molecule has 34 heavy (non-hydrogen) atoms. The molecule has 7 heteroatoms. The Labute approximate surface area is 210 Å². The molecule has 2 aliphatic rings. The highest BCUT2D eigenvalue weighted by atomic mass is 35.5. The molecule has 1 saturated carbocycles. The van der Waals surface area contributed by atoms with Crippen LogP contribution in [-0.4, -0.2) is 29.6 Å². The van der Waals surface area contributed by atoms with Gasteiger partial charge in [0.2, 0.25) is 5.91 Å². The number of nitrogens with one attached hydrogen (secondary N) is 1. The van der Waals surface area contributed by atoms with E-state index in [1.54, 1.807) is 0 Å². The average Bonchev–Trinajstić information content (AvgIpc) is 3.62. The van der Waals surface area contributed by atoms with Gasteiger partial charge < -0.3 is 15.2 Å². The lowest BCUT2D eigenvalue weighted by molar-refractivity contribution is -0.142. The normalized spacial score (nSPS) is 24.3. The van der Waals surface area contributed by atoms with Gasteiger partial charge in [0.05, 0.1) is 19.1 Å². The summed E-state index contributed by atoms with van der Waals surface area (Å²) in [5.41, 5.74) is 2.09. The molecule has 1 heterocycles. The van der Waals surface area contributed by atoms with Crippen molar-refractivity contribution in [2.75, 3.05) is 6.61 Å². The van der Waals surface area contributed by atoms with Crippen molar-refractivity contribution in [2.24, 2.45) is 17.8 Å². The van der Waals surface area contributed by atoms with E-state index in [4.69, 9.17) is 27.9 Å². The van der Waals surface area contributed by atoms with E-state index in [2.05, 4.69) is 12.2 Å². The van der Waals surface area contributed by atoms with Crippen molar-refractivity contribution >= 4 is 35.1 Å². The van der Waals surface area contributed by atoms with Crippen molar-refractivity contribution in [3.8, 4) is 0 Å². The summed E-state index contributed by atoms with van der Waals surface area (Å²) in [6.07, 6.45) is 3.33. The number of carboxylic acid groups (broad SMARTS) is 1. The molecular weight excluding hydrogens is 473 g/mol. The van der Waals surface area contributed by atoms with Gasteiger partial charge in [-0.05, 0) is 72.9 Å².